The average Bonchev–Trinajstić information content (AvgIpc) is 2.78. The molecule has 4 nitrogen and oxygen atoms in total. The fourth-order valence-corrected chi connectivity index (χ4v) is 3.99. The normalized spacial score (nSPS) is 12.7. The molecular weight excluding hydrogens is 382 g/mol. The van der Waals surface area contributed by atoms with Gasteiger partial charge in [0, 0.05) is 22.0 Å². The maximum atomic E-state index is 11.9. The Balaban J connectivity index is 2.27. The molecule has 150 valence electrons. The van der Waals surface area contributed by atoms with Crippen molar-refractivity contribution in [2.75, 3.05) is 20.5 Å². The fraction of sp³-hybridized carbons (Fsp3) is 0.208. The number of hydrogen-bond acceptors (Lipinski definition) is 4. The Hall–Kier alpha value is -2.92. The van der Waals surface area contributed by atoms with Crippen LogP contribution in [0, 0.1) is 0 Å². The van der Waals surface area contributed by atoms with Crippen LogP contribution in [-0.4, -0.2) is 30.9 Å². The van der Waals surface area contributed by atoms with Gasteiger partial charge in [-0.1, -0.05) is 36.4 Å². The van der Waals surface area contributed by atoms with Crippen molar-refractivity contribution >= 4 is 17.0 Å². The number of nitrogens with zero attached hydrogens (tertiary/aromatic N) is 1. The Morgan fingerprint density at radius 1 is 0.759 bits per heavy atom. The molecule has 0 radical (unpaired) electrons. The predicted molar refractivity (Wildman–Crippen MR) is 119 cm³/mol. The van der Waals surface area contributed by atoms with Crippen molar-refractivity contribution in [3.05, 3.63) is 89.5 Å². The van der Waals surface area contributed by atoms with Crippen LogP contribution in [-0.2, 0) is 16.3 Å². The largest absolute Gasteiger partial charge is 0.497 e. The predicted octanol–water partition coefficient (Wildman–Crippen LogP) is 4.82. The molecule has 0 aromatic heterocycles. The Labute approximate surface area is 174 Å². The standard InChI is InChI=1S/C24H25NO3S/c1-5-25-24(18-6-12-21(27-2)13-7-18,19-8-14-22(28-3)15-9-19)20-10-16-23(17-11-20)29(4)26/h5-17H,1-4H3. The number of rotatable bonds is 7. The summed E-state index contributed by atoms with van der Waals surface area (Å²) in [6.45, 7) is 1.91. The molecule has 0 N–H and O–H groups in total. The molecule has 5 heteroatoms. The van der Waals surface area contributed by atoms with Gasteiger partial charge in [-0.3, -0.25) is 9.20 Å². The van der Waals surface area contributed by atoms with Crippen LogP contribution in [0.5, 0.6) is 11.5 Å². The van der Waals surface area contributed by atoms with Crippen molar-refractivity contribution in [1.82, 2.24) is 0 Å². The van der Waals surface area contributed by atoms with Gasteiger partial charge in [0.1, 0.15) is 17.0 Å². The van der Waals surface area contributed by atoms with E-state index in [0.29, 0.717) is 0 Å². The van der Waals surface area contributed by atoms with E-state index in [2.05, 4.69) is 0 Å². The second kappa shape index (κ2) is 9.05. The Kier molecular flexibility index (Phi) is 6.49. The molecule has 0 spiro atoms. The summed E-state index contributed by atoms with van der Waals surface area (Å²) in [5.74, 6) is 1.57. The van der Waals surface area contributed by atoms with Gasteiger partial charge in [0.2, 0.25) is 0 Å². The monoisotopic (exact) mass is 407 g/mol. The van der Waals surface area contributed by atoms with Gasteiger partial charge >= 0.3 is 0 Å². The third kappa shape index (κ3) is 4.10. The molecule has 0 aliphatic heterocycles. The molecule has 0 aliphatic carbocycles. The molecule has 0 saturated heterocycles. The van der Waals surface area contributed by atoms with Crippen molar-refractivity contribution in [2.24, 2.45) is 4.99 Å². The summed E-state index contributed by atoms with van der Waals surface area (Å²) in [5, 5.41) is 0. The molecule has 0 saturated carbocycles. The molecule has 0 amide bonds. The first-order valence-corrected chi connectivity index (χ1v) is 10.8. The van der Waals surface area contributed by atoms with Crippen molar-refractivity contribution in [1.29, 1.82) is 0 Å². The van der Waals surface area contributed by atoms with Crippen LogP contribution in [0.3, 0.4) is 0 Å². The van der Waals surface area contributed by atoms with Crippen molar-refractivity contribution in [3.63, 3.8) is 0 Å². The Morgan fingerprint density at radius 3 is 1.45 bits per heavy atom. The molecule has 1 unspecified atom stereocenters. The zero-order valence-corrected chi connectivity index (χ0v) is 17.9. The molecule has 0 fully saturated rings. The molecule has 0 aliphatic rings. The van der Waals surface area contributed by atoms with E-state index in [1.807, 2.05) is 85.9 Å². The first-order chi connectivity index (χ1) is 14.0. The third-order valence-electron chi connectivity index (χ3n) is 4.94. The lowest BCUT2D eigenvalue weighted by Gasteiger charge is -2.32. The zero-order valence-electron chi connectivity index (χ0n) is 17.1. The van der Waals surface area contributed by atoms with E-state index in [0.717, 1.165) is 33.1 Å². The summed E-state index contributed by atoms with van der Waals surface area (Å²) in [6, 6.07) is 23.7. The van der Waals surface area contributed by atoms with Crippen LogP contribution in [0.4, 0.5) is 0 Å². The number of aliphatic imine (C=N–C) groups is 1. The van der Waals surface area contributed by atoms with E-state index in [1.165, 1.54) is 0 Å². The Bertz CT molecular complexity index is 946. The van der Waals surface area contributed by atoms with E-state index in [4.69, 9.17) is 14.5 Å². The number of hydrogen-bond donors (Lipinski definition) is 0. The smallest absolute Gasteiger partial charge is 0.135 e. The van der Waals surface area contributed by atoms with Gasteiger partial charge in [0.05, 0.1) is 14.2 Å². The molecule has 3 rings (SSSR count). The molecule has 29 heavy (non-hydrogen) atoms. The lowest BCUT2D eigenvalue weighted by Crippen LogP contribution is -2.27. The highest BCUT2D eigenvalue weighted by Gasteiger charge is 2.35. The van der Waals surface area contributed by atoms with Gasteiger partial charge in [-0.2, -0.15) is 0 Å². The van der Waals surface area contributed by atoms with Crippen molar-refractivity contribution in [3.8, 4) is 11.5 Å². The Morgan fingerprint density at radius 2 is 1.14 bits per heavy atom. The molecule has 3 aromatic carbocycles. The van der Waals surface area contributed by atoms with Crippen LogP contribution in [0.15, 0.2) is 82.7 Å². The fourth-order valence-electron chi connectivity index (χ4n) is 3.47. The second-order valence-electron chi connectivity index (χ2n) is 6.53. The van der Waals surface area contributed by atoms with Gasteiger partial charge in [-0.15, -0.1) is 0 Å². The van der Waals surface area contributed by atoms with Gasteiger partial charge in [0.15, 0.2) is 0 Å². The summed E-state index contributed by atoms with van der Waals surface area (Å²) >= 11 is 0. The van der Waals surface area contributed by atoms with Gasteiger partial charge in [-0.05, 0) is 66.2 Å². The summed E-state index contributed by atoms with van der Waals surface area (Å²) in [7, 11) is 2.27. The van der Waals surface area contributed by atoms with Gasteiger partial charge < -0.3 is 9.47 Å². The highest BCUT2D eigenvalue weighted by molar-refractivity contribution is 7.84. The summed E-state index contributed by atoms with van der Waals surface area (Å²) in [5.41, 5.74) is 2.25. The summed E-state index contributed by atoms with van der Waals surface area (Å²) in [6.07, 6.45) is 3.50. The van der Waals surface area contributed by atoms with Crippen molar-refractivity contribution in [2.45, 2.75) is 17.4 Å². The average molecular weight is 408 g/mol. The molecule has 0 bridgehead atoms. The van der Waals surface area contributed by atoms with Crippen LogP contribution >= 0.6 is 0 Å². The maximum Gasteiger partial charge on any atom is 0.135 e. The second-order valence-corrected chi connectivity index (χ2v) is 7.91. The van der Waals surface area contributed by atoms with E-state index in [9.17, 15) is 4.21 Å². The quantitative estimate of drug-likeness (QED) is 0.417. The highest BCUT2D eigenvalue weighted by Crippen LogP contribution is 2.41. The highest BCUT2D eigenvalue weighted by atomic mass is 32.2. The third-order valence-corrected chi connectivity index (χ3v) is 5.88. The minimum atomic E-state index is -1.04. The first-order valence-electron chi connectivity index (χ1n) is 9.28. The van der Waals surface area contributed by atoms with Crippen LogP contribution in [0.25, 0.3) is 0 Å². The number of methoxy groups -OCH3 is 2. The van der Waals surface area contributed by atoms with Crippen LogP contribution in [0.2, 0.25) is 0 Å². The minimum Gasteiger partial charge on any atom is -0.497 e. The summed E-state index contributed by atoms with van der Waals surface area (Å²) in [4.78, 5) is 5.75. The number of benzene rings is 3. The molecule has 3 aromatic rings. The van der Waals surface area contributed by atoms with Crippen LogP contribution in [0.1, 0.15) is 23.6 Å². The molecule has 1 atom stereocenters. The van der Waals surface area contributed by atoms with E-state index in [1.54, 1.807) is 20.5 Å². The van der Waals surface area contributed by atoms with E-state index < -0.39 is 16.3 Å². The zero-order chi connectivity index (χ0) is 20.9. The van der Waals surface area contributed by atoms with Gasteiger partial charge in [0.25, 0.3) is 0 Å². The molecule has 0 heterocycles. The first kappa shape index (κ1) is 20.8. The van der Waals surface area contributed by atoms with Crippen LogP contribution < -0.4 is 9.47 Å². The maximum absolute atomic E-state index is 11.9. The molecular formula is C24H25NO3S. The van der Waals surface area contributed by atoms with Gasteiger partial charge in [-0.25, -0.2) is 0 Å². The van der Waals surface area contributed by atoms with Crippen molar-refractivity contribution < 1.29 is 13.7 Å². The number of ether oxygens (including phenoxy) is 2. The SMILES string of the molecule is CC=NC(c1ccc(OC)cc1)(c1ccc(OC)cc1)c1ccc(S(C)=O)cc1. The van der Waals surface area contributed by atoms with E-state index >= 15 is 0 Å². The lowest BCUT2D eigenvalue weighted by molar-refractivity contribution is 0.414. The summed E-state index contributed by atoms with van der Waals surface area (Å²) < 4.78 is 22.5. The lowest BCUT2D eigenvalue weighted by atomic mass is 9.77. The van der Waals surface area contributed by atoms with E-state index in [-0.39, 0.29) is 0 Å². The minimum absolute atomic E-state index is 0.749. The topological polar surface area (TPSA) is 47.9 Å².